The van der Waals surface area contributed by atoms with Crippen molar-refractivity contribution in [2.45, 2.75) is 62.5 Å². The van der Waals surface area contributed by atoms with Gasteiger partial charge in [0.15, 0.2) is 17.6 Å². The largest absolute Gasteiger partial charge is 0.457 e. The van der Waals surface area contributed by atoms with Crippen LogP contribution in [0.2, 0.25) is 0 Å². The molecule has 3 heterocycles. The third-order valence-electron chi connectivity index (χ3n) is 5.11. The summed E-state index contributed by atoms with van der Waals surface area (Å²) in [6.07, 6.45) is -6.23. The van der Waals surface area contributed by atoms with Crippen LogP contribution < -0.4 is 0 Å². The maximum atomic E-state index is 13.4. The van der Waals surface area contributed by atoms with E-state index in [2.05, 4.69) is 0 Å². The van der Waals surface area contributed by atoms with Crippen molar-refractivity contribution in [2.75, 3.05) is 0 Å². The second kappa shape index (κ2) is 4.55. The molecule has 0 aromatic rings. The van der Waals surface area contributed by atoms with E-state index < -0.39 is 51.7 Å². The predicted octanol–water partition coefficient (Wildman–Crippen LogP) is 2.70. The quantitative estimate of drug-likeness (QED) is 0.741. The summed E-state index contributed by atoms with van der Waals surface area (Å²) in [6.45, 7) is 5.27. The van der Waals surface area contributed by atoms with Crippen LogP contribution in [-0.2, 0) is 19.1 Å². The van der Waals surface area contributed by atoms with Crippen molar-refractivity contribution < 1.29 is 32.2 Å². The molecule has 22 heavy (non-hydrogen) atoms. The number of carbonyl (C=O) groups is 2. The molecule has 0 saturated carbocycles. The summed E-state index contributed by atoms with van der Waals surface area (Å²) in [4.78, 5) is 24.0. The molecule has 8 heteroatoms. The van der Waals surface area contributed by atoms with E-state index >= 15 is 0 Å². The van der Waals surface area contributed by atoms with Crippen LogP contribution in [0.4, 0.5) is 13.2 Å². The number of thioether (sulfide) groups is 1. The van der Waals surface area contributed by atoms with Crippen LogP contribution >= 0.6 is 11.8 Å². The molecule has 4 nitrogen and oxygen atoms in total. The molecule has 3 aliphatic heterocycles. The van der Waals surface area contributed by atoms with Crippen molar-refractivity contribution >= 4 is 23.7 Å². The van der Waals surface area contributed by atoms with Crippen LogP contribution in [0.15, 0.2) is 0 Å². The van der Waals surface area contributed by atoms with E-state index in [-0.39, 0.29) is 6.42 Å². The number of hydrogen-bond acceptors (Lipinski definition) is 5. The van der Waals surface area contributed by atoms with Crippen molar-refractivity contribution in [2.24, 2.45) is 10.8 Å². The Morgan fingerprint density at radius 1 is 1.45 bits per heavy atom. The average molecular weight is 338 g/mol. The number of alkyl halides is 3. The Bertz CT molecular complexity index is 533. The molecule has 0 spiro atoms. The normalized spacial score (nSPS) is 40.0. The molecule has 124 valence electrons. The zero-order valence-electron chi connectivity index (χ0n) is 12.4. The van der Waals surface area contributed by atoms with Gasteiger partial charge >= 0.3 is 18.1 Å². The summed E-state index contributed by atoms with van der Waals surface area (Å²) < 4.78 is 50.5. The van der Waals surface area contributed by atoms with Gasteiger partial charge in [-0.05, 0) is 26.7 Å². The number of rotatable bonds is 3. The summed E-state index contributed by atoms with van der Waals surface area (Å²) in [7, 11) is 0. The second-order valence-corrected chi connectivity index (χ2v) is 8.13. The maximum Gasteiger partial charge on any atom is 0.406 e. The first-order chi connectivity index (χ1) is 10.0. The molecule has 0 aromatic carbocycles. The van der Waals surface area contributed by atoms with E-state index in [9.17, 15) is 22.8 Å². The summed E-state index contributed by atoms with van der Waals surface area (Å²) in [5.74, 6) is -1.69. The number of carbonyl (C=O) groups excluding carboxylic acids is 2. The molecule has 0 aromatic heterocycles. The van der Waals surface area contributed by atoms with Gasteiger partial charge in [0, 0.05) is 5.25 Å². The van der Waals surface area contributed by atoms with E-state index in [0.717, 1.165) is 11.8 Å². The van der Waals surface area contributed by atoms with Crippen molar-refractivity contribution in [3.05, 3.63) is 0 Å². The monoisotopic (exact) mass is 338 g/mol. The topological polar surface area (TPSA) is 52.6 Å². The van der Waals surface area contributed by atoms with Crippen LogP contribution in [-0.4, -0.2) is 40.8 Å². The molecule has 3 saturated heterocycles. The molecule has 0 N–H and O–H groups in total. The Morgan fingerprint density at radius 3 is 2.64 bits per heavy atom. The highest BCUT2D eigenvalue weighted by atomic mass is 32.2. The SMILES string of the molecule is CCC(C)(C)C(=O)OC1C2CC3(C(F)(F)F)C(=O)OC1C3S2. The van der Waals surface area contributed by atoms with Gasteiger partial charge in [0.1, 0.15) is 0 Å². The van der Waals surface area contributed by atoms with E-state index in [0.29, 0.717) is 6.42 Å². The zero-order valence-corrected chi connectivity index (χ0v) is 13.2. The number of fused-ring (bicyclic) bond motifs is 1. The summed E-state index contributed by atoms with van der Waals surface area (Å²) >= 11 is 1.06. The van der Waals surface area contributed by atoms with Crippen molar-refractivity contribution in [1.29, 1.82) is 0 Å². The zero-order chi connectivity index (χ0) is 16.5. The molecule has 0 radical (unpaired) electrons. The minimum atomic E-state index is -4.64. The summed E-state index contributed by atoms with van der Waals surface area (Å²) in [5.41, 5.74) is -3.13. The van der Waals surface area contributed by atoms with Gasteiger partial charge in [-0.2, -0.15) is 13.2 Å². The van der Waals surface area contributed by atoms with E-state index in [4.69, 9.17) is 9.47 Å². The van der Waals surface area contributed by atoms with Crippen molar-refractivity contribution in [3.63, 3.8) is 0 Å². The highest BCUT2D eigenvalue weighted by Gasteiger charge is 2.81. The highest BCUT2D eigenvalue weighted by molar-refractivity contribution is 8.01. The molecular formula is C14H17F3O4S. The second-order valence-electron chi connectivity index (χ2n) is 6.75. The first kappa shape index (κ1) is 16.0. The minimum Gasteiger partial charge on any atom is -0.457 e. The highest BCUT2D eigenvalue weighted by Crippen LogP contribution is 2.67. The van der Waals surface area contributed by atoms with Crippen molar-refractivity contribution in [1.82, 2.24) is 0 Å². The Balaban J connectivity index is 1.83. The first-order valence-electron chi connectivity index (χ1n) is 7.19. The van der Waals surface area contributed by atoms with E-state index in [1.54, 1.807) is 13.8 Å². The molecule has 5 unspecified atom stereocenters. The van der Waals surface area contributed by atoms with Crippen molar-refractivity contribution in [3.8, 4) is 0 Å². The van der Waals surface area contributed by atoms with Gasteiger partial charge in [-0.25, -0.2) is 0 Å². The molecule has 2 bridgehead atoms. The van der Waals surface area contributed by atoms with Gasteiger partial charge in [-0.15, -0.1) is 11.8 Å². The number of esters is 2. The predicted molar refractivity (Wildman–Crippen MR) is 72.1 cm³/mol. The van der Waals surface area contributed by atoms with Gasteiger partial charge in [-0.3, -0.25) is 9.59 Å². The lowest BCUT2D eigenvalue weighted by atomic mass is 9.73. The molecule has 3 aliphatic rings. The van der Waals surface area contributed by atoms with Crippen LogP contribution in [0, 0.1) is 10.8 Å². The van der Waals surface area contributed by atoms with Gasteiger partial charge in [0.2, 0.25) is 0 Å². The lowest BCUT2D eigenvalue weighted by molar-refractivity contribution is -0.222. The average Bonchev–Trinajstić information content (AvgIpc) is 3.00. The first-order valence-corrected chi connectivity index (χ1v) is 8.13. The molecule has 3 fully saturated rings. The fourth-order valence-electron chi connectivity index (χ4n) is 3.24. The third kappa shape index (κ3) is 1.85. The lowest BCUT2D eigenvalue weighted by Crippen LogP contribution is -2.52. The number of hydrogen-bond donors (Lipinski definition) is 0. The summed E-state index contributed by atoms with van der Waals surface area (Å²) in [5, 5.41) is -1.55. The molecule has 0 aliphatic carbocycles. The van der Waals surface area contributed by atoms with Gasteiger partial charge < -0.3 is 9.47 Å². The summed E-state index contributed by atoms with van der Waals surface area (Å²) in [6, 6.07) is 0. The standard InChI is InChI=1S/C14H17F3O4S/c1-4-12(2,3)10(18)20-7-6-5-13(14(15,16)17)9(22-6)8(7)21-11(13)19/h6-9H,4-5H2,1-3H3. The fourth-order valence-corrected chi connectivity index (χ4v) is 5.27. The Kier molecular flexibility index (Phi) is 3.30. The number of ether oxygens (including phenoxy) is 2. The van der Waals surface area contributed by atoms with Crippen LogP contribution in [0.25, 0.3) is 0 Å². The molecule has 3 rings (SSSR count). The Morgan fingerprint density at radius 2 is 2.09 bits per heavy atom. The molecular weight excluding hydrogens is 321 g/mol. The van der Waals surface area contributed by atoms with Crippen LogP contribution in [0.3, 0.4) is 0 Å². The van der Waals surface area contributed by atoms with Gasteiger partial charge in [-0.1, -0.05) is 6.92 Å². The Labute approximate surface area is 130 Å². The number of halogens is 3. The van der Waals surface area contributed by atoms with Gasteiger partial charge in [0.25, 0.3) is 0 Å². The lowest BCUT2D eigenvalue weighted by Gasteiger charge is -2.33. The Hall–Kier alpha value is -0.920. The molecule has 0 amide bonds. The smallest absolute Gasteiger partial charge is 0.406 e. The maximum absolute atomic E-state index is 13.4. The van der Waals surface area contributed by atoms with Crippen LogP contribution in [0.1, 0.15) is 33.6 Å². The molecule has 5 atom stereocenters. The van der Waals surface area contributed by atoms with Gasteiger partial charge in [0.05, 0.1) is 10.7 Å². The third-order valence-corrected chi connectivity index (χ3v) is 6.86. The minimum absolute atomic E-state index is 0.369. The van der Waals surface area contributed by atoms with E-state index in [1.807, 2.05) is 6.92 Å². The van der Waals surface area contributed by atoms with E-state index in [1.165, 1.54) is 0 Å². The fraction of sp³-hybridized carbons (Fsp3) is 0.857. The van der Waals surface area contributed by atoms with Crippen LogP contribution in [0.5, 0.6) is 0 Å².